The third-order valence-corrected chi connectivity index (χ3v) is 3.70. The first-order valence-corrected chi connectivity index (χ1v) is 7.65. The molecule has 1 amide bonds. The van der Waals surface area contributed by atoms with Crippen LogP contribution in [-0.2, 0) is 11.2 Å². The van der Waals surface area contributed by atoms with Gasteiger partial charge in [0.2, 0.25) is 0 Å². The Hall–Kier alpha value is -1.63. The number of nitrogens with zero attached hydrogens (tertiary/aromatic N) is 4. The van der Waals surface area contributed by atoms with Crippen LogP contribution in [-0.4, -0.2) is 58.0 Å². The minimum Gasteiger partial charge on any atom is -0.450 e. The first-order chi connectivity index (χ1) is 10.1. The number of carbonyl (C=O) groups excluding carboxylic acids is 1. The van der Waals surface area contributed by atoms with E-state index in [2.05, 4.69) is 33.9 Å². The van der Waals surface area contributed by atoms with Crippen LogP contribution in [0.1, 0.15) is 39.1 Å². The molecule has 0 radical (unpaired) electrons. The summed E-state index contributed by atoms with van der Waals surface area (Å²) in [5.41, 5.74) is 0. The zero-order valence-electron chi connectivity index (χ0n) is 13.1. The number of carbonyl (C=O) groups is 1. The van der Waals surface area contributed by atoms with Crippen molar-refractivity contribution in [3.8, 4) is 0 Å². The van der Waals surface area contributed by atoms with Crippen molar-refractivity contribution >= 4 is 6.09 Å². The van der Waals surface area contributed by atoms with Crippen LogP contribution in [0, 0.1) is 0 Å². The highest BCUT2D eigenvalue weighted by Gasteiger charge is 2.26. The van der Waals surface area contributed by atoms with Gasteiger partial charge in [-0.2, -0.15) is 0 Å². The van der Waals surface area contributed by atoms with Crippen LogP contribution >= 0.6 is 0 Å². The van der Waals surface area contributed by atoms with Gasteiger partial charge in [0.25, 0.3) is 0 Å². The van der Waals surface area contributed by atoms with Crippen molar-refractivity contribution in [1.82, 2.24) is 25.0 Å². The molecule has 1 aromatic rings. The van der Waals surface area contributed by atoms with Crippen molar-refractivity contribution in [3.05, 3.63) is 12.2 Å². The molecule has 1 aliphatic rings. The summed E-state index contributed by atoms with van der Waals surface area (Å²) in [5, 5.41) is 11.6. The van der Waals surface area contributed by atoms with Gasteiger partial charge in [-0.1, -0.05) is 0 Å². The number of hydrogen-bond donors (Lipinski definition) is 1. The second kappa shape index (κ2) is 7.40. The first-order valence-electron chi connectivity index (χ1n) is 7.65. The highest BCUT2D eigenvalue weighted by atomic mass is 16.6. The van der Waals surface area contributed by atoms with Crippen LogP contribution < -0.4 is 5.32 Å². The molecule has 0 spiro atoms. The molecule has 118 valence electrons. The van der Waals surface area contributed by atoms with E-state index in [-0.39, 0.29) is 6.09 Å². The van der Waals surface area contributed by atoms with E-state index >= 15 is 0 Å². The molecule has 1 saturated heterocycles. The van der Waals surface area contributed by atoms with Crippen molar-refractivity contribution < 1.29 is 9.53 Å². The van der Waals surface area contributed by atoms with Gasteiger partial charge >= 0.3 is 6.09 Å². The van der Waals surface area contributed by atoms with E-state index in [0.29, 0.717) is 18.7 Å². The Labute approximate surface area is 125 Å². The molecule has 1 aliphatic heterocycles. The molecule has 1 unspecified atom stereocenters. The van der Waals surface area contributed by atoms with Gasteiger partial charge in [-0.05, 0) is 27.2 Å². The zero-order valence-corrected chi connectivity index (χ0v) is 13.1. The van der Waals surface area contributed by atoms with Gasteiger partial charge in [-0.3, -0.25) is 0 Å². The molecule has 1 atom stereocenters. The maximum absolute atomic E-state index is 11.6. The average Bonchev–Trinajstić information content (AvgIpc) is 3.08. The Kier molecular flexibility index (Phi) is 5.55. The van der Waals surface area contributed by atoms with Gasteiger partial charge in [0.1, 0.15) is 12.2 Å². The maximum Gasteiger partial charge on any atom is 0.409 e. The predicted octanol–water partition coefficient (Wildman–Crippen LogP) is 1.22. The second-order valence-electron chi connectivity index (χ2n) is 5.58. The smallest absolute Gasteiger partial charge is 0.409 e. The molecule has 0 aliphatic carbocycles. The molecule has 1 aromatic heterocycles. The molecule has 7 nitrogen and oxygen atoms in total. The number of nitrogens with one attached hydrogen (secondary N) is 1. The van der Waals surface area contributed by atoms with Gasteiger partial charge in [0, 0.05) is 38.1 Å². The molecule has 1 fully saturated rings. The van der Waals surface area contributed by atoms with Crippen molar-refractivity contribution in [3.63, 3.8) is 0 Å². The lowest BCUT2D eigenvalue weighted by Crippen LogP contribution is -2.36. The predicted molar refractivity (Wildman–Crippen MR) is 79.1 cm³/mol. The highest BCUT2D eigenvalue weighted by Crippen LogP contribution is 2.11. The Morgan fingerprint density at radius 2 is 2.38 bits per heavy atom. The van der Waals surface area contributed by atoms with Crippen LogP contribution in [0.4, 0.5) is 4.79 Å². The lowest BCUT2D eigenvalue weighted by Gasteiger charge is -2.16. The number of aromatic nitrogens is 3. The fraction of sp³-hybridized carbons (Fsp3) is 0.786. The molecule has 0 saturated carbocycles. The molecule has 0 aromatic carbocycles. The van der Waals surface area contributed by atoms with Crippen molar-refractivity contribution in [2.75, 3.05) is 26.2 Å². The standard InChI is InChI=1S/C14H25N5O2/c1-4-21-14(20)18-8-6-12(9-18)15-7-5-13-17-16-10-19(13)11(2)3/h10-12,15H,4-9H2,1-3H3. The fourth-order valence-electron chi connectivity index (χ4n) is 2.57. The summed E-state index contributed by atoms with van der Waals surface area (Å²) < 4.78 is 7.10. The number of hydrogen-bond acceptors (Lipinski definition) is 5. The topological polar surface area (TPSA) is 72.3 Å². The van der Waals surface area contributed by atoms with Crippen molar-refractivity contribution in [2.45, 2.75) is 45.7 Å². The number of rotatable bonds is 6. The minimum absolute atomic E-state index is 0.207. The summed E-state index contributed by atoms with van der Waals surface area (Å²) in [4.78, 5) is 13.4. The normalized spacial score (nSPS) is 18.5. The molecule has 2 heterocycles. The van der Waals surface area contributed by atoms with E-state index in [0.717, 1.165) is 38.3 Å². The molecular weight excluding hydrogens is 270 g/mol. The van der Waals surface area contributed by atoms with Crippen LogP contribution in [0.25, 0.3) is 0 Å². The molecular formula is C14H25N5O2. The molecule has 21 heavy (non-hydrogen) atoms. The summed E-state index contributed by atoms with van der Waals surface area (Å²) in [7, 11) is 0. The Morgan fingerprint density at radius 1 is 1.57 bits per heavy atom. The summed E-state index contributed by atoms with van der Waals surface area (Å²) in [6.07, 6.45) is 3.38. The van der Waals surface area contributed by atoms with Gasteiger partial charge in [0.15, 0.2) is 0 Å². The van der Waals surface area contributed by atoms with Crippen LogP contribution in [0.3, 0.4) is 0 Å². The number of ether oxygens (including phenoxy) is 1. The van der Waals surface area contributed by atoms with Crippen LogP contribution in [0.2, 0.25) is 0 Å². The monoisotopic (exact) mass is 295 g/mol. The quantitative estimate of drug-likeness (QED) is 0.854. The van der Waals surface area contributed by atoms with E-state index in [9.17, 15) is 4.79 Å². The maximum atomic E-state index is 11.6. The van der Waals surface area contributed by atoms with Gasteiger partial charge < -0.3 is 19.5 Å². The summed E-state index contributed by atoms with van der Waals surface area (Å²) in [6.45, 7) is 8.82. The average molecular weight is 295 g/mol. The lowest BCUT2D eigenvalue weighted by molar-refractivity contribution is 0.115. The third kappa shape index (κ3) is 4.17. The van der Waals surface area contributed by atoms with Gasteiger partial charge in [-0.25, -0.2) is 4.79 Å². The van der Waals surface area contributed by atoms with E-state index < -0.39 is 0 Å². The Balaban J connectivity index is 1.72. The Morgan fingerprint density at radius 3 is 3.10 bits per heavy atom. The number of amides is 1. The van der Waals surface area contributed by atoms with Crippen molar-refractivity contribution in [2.24, 2.45) is 0 Å². The van der Waals surface area contributed by atoms with E-state index in [4.69, 9.17) is 4.74 Å². The van der Waals surface area contributed by atoms with Crippen molar-refractivity contribution in [1.29, 1.82) is 0 Å². The van der Waals surface area contributed by atoms with Crippen LogP contribution in [0.15, 0.2) is 6.33 Å². The molecule has 2 rings (SSSR count). The highest BCUT2D eigenvalue weighted by molar-refractivity contribution is 5.68. The SMILES string of the molecule is CCOC(=O)N1CCC(NCCc2nncn2C(C)C)C1. The zero-order chi connectivity index (χ0) is 15.2. The lowest BCUT2D eigenvalue weighted by atomic mass is 10.2. The summed E-state index contributed by atoms with van der Waals surface area (Å²) >= 11 is 0. The molecule has 7 heteroatoms. The van der Waals surface area contributed by atoms with Gasteiger partial charge in [0.05, 0.1) is 6.61 Å². The molecule has 0 bridgehead atoms. The summed E-state index contributed by atoms with van der Waals surface area (Å²) in [6, 6.07) is 0.714. The second-order valence-corrected chi connectivity index (χ2v) is 5.58. The third-order valence-electron chi connectivity index (χ3n) is 3.70. The number of likely N-dealkylation sites (tertiary alicyclic amines) is 1. The van der Waals surface area contributed by atoms with Crippen LogP contribution in [0.5, 0.6) is 0 Å². The first kappa shape index (κ1) is 15.8. The minimum atomic E-state index is -0.207. The fourth-order valence-corrected chi connectivity index (χ4v) is 2.57. The Bertz CT molecular complexity index is 460. The van der Waals surface area contributed by atoms with E-state index in [1.54, 1.807) is 11.2 Å². The van der Waals surface area contributed by atoms with E-state index in [1.807, 2.05) is 6.92 Å². The molecule has 1 N–H and O–H groups in total. The largest absolute Gasteiger partial charge is 0.450 e. The van der Waals surface area contributed by atoms with Gasteiger partial charge in [-0.15, -0.1) is 10.2 Å². The van der Waals surface area contributed by atoms with E-state index in [1.165, 1.54) is 0 Å². The summed E-state index contributed by atoms with van der Waals surface area (Å²) in [5.74, 6) is 0.998.